The lowest BCUT2D eigenvalue weighted by atomic mass is 10.1. The summed E-state index contributed by atoms with van der Waals surface area (Å²) in [7, 11) is 0. The third kappa shape index (κ3) is 11.6. The molecule has 3 amide bonds. The van der Waals surface area contributed by atoms with Crippen LogP contribution in [-0.2, 0) is 34.0 Å². The molecule has 0 aliphatic rings. The van der Waals surface area contributed by atoms with E-state index in [2.05, 4.69) is 15.6 Å². The van der Waals surface area contributed by atoms with Crippen molar-refractivity contribution in [1.82, 2.24) is 20.5 Å². The van der Waals surface area contributed by atoms with Gasteiger partial charge in [-0.05, 0) is 69.5 Å². The van der Waals surface area contributed by atoms with Crippen LogP contribution in [0.4, 0.5) is 9.59 Å². The summed E-state index contributed by atoms with van der Waals surface area (Å²) in [5.74, 6) is -1.76. The normalized spacial score (nSPS) is 11.6. The first-order valence-corrected chi connectivity index (χ1v) is 14.4. The first-order valence-electron chi connectivity index (χ1n) is 14.1. The number of hydrogen-bond donors (Lipinski definition) is 3. The van der Waals surface area contributed by atoms with Crippen LogP contribution in [0.5, 0.6) is 0 Å². The summed E-state index contributed by atoms with van der Waals surface area (Å²) in [4.78, 5) is 55.3. The van der Waals surface area contributed by atoms with Gasteiger partial charge in [0.25, 0.3) is 5.91 Å². The molecule has 2 aromatic carbocycles. The highest BCUT2D eigenvalue weighted by molar-refractivity contribution is 6.31. The van der Waals surface area contributed by atoms with Crippen LogP contribution in [-0.4, -0.2) is 57.2 Å². The van der Waals surface area contributed by atoms with Crippen LogP contribution in [0.1, 0.15) is 60.8 Å². The van der Waals surface area contributed by atoms with Crippen molar-refractivity contribution >= 4 is 35.7 Å². The summed E-state index contributed by atoms with van der Waals surface area (Å²) in [5.41, 5.74) is 1.67. The van der Waals surface area contributed by atoms with Crippen molar-refractivity contribution in [2.75, 3.05) is 6.54 Å². The van der Waals surface area contributed by atoms with Gasteiger partial charge in [0.2, 0.25) is 0 Å². The number of aliphatic carboxylic acids is 1. The monoisotopic (exact) mass is 624 g/mol. The van der Waals surface area contributed by atoms with Gasteiger partial charge in [0.05, 0.1) is 12.2 Å². The molecule has 1 heterocycles. The lowest BCUT2D eigenvalue weighted by Crippen LogP contribution is -2.41. The Balaban J connectivity index is 1.51. The van der Waals surface area contributed by atoms with E-state index in [4.69, 9.17) is 21.1 Å². The molecule has 0 spiro atoms. The highest BCUT2D eigenvalue weighted by Gasteiger charge is 2.24. The average molecular weight is 625 g/mol. The van der Waals surface area contributed by atoms with Gasteiger partial charge < -0.3 is 25.2 Å². The number of nitrogens with one attached hydrogen (secondary N) is 2. The van der Waals surface area contributed by atoms with E-state index in [0.29, 0.717) is 16.3 Å². The number of carbonyl (C=O) groups excluding carboxylic acids is 3. The number of carboxylic acid groups (broad SMARTS) is 1. The second-order valence-corrected chi connectivity index (χ2v) is 11.4. The Bertz CT molecular complexity index is 1410. The molecule has 0 aliphatic carbocycles. The van der Waals surface area contributed by atoms with E-state index in [-0.39, 0.29) is 44.6 Å². The van der Waals surface area contributed by atoms with Gasteiger partial charge in [-0.15, -0.1) is 0 Å². The zero-order valence-corrected chi connectivity index (χ0v) is 25.7. The predicted molar refractivity (Wildman–Crippen MR) is 164 cm³/mol. The van der Waals surface area contributed by atoms with E-state index >= 15 is 0 Å². The zero-order valence-electron chi connectivity index (χ0n) is 24.9. The smallest absolute Gasteiger partial charge is 0.410 e. The molecule has 12 heteroatoms. The molecule has 11 nitrogen and oxygen atoms in total. The van der Waals surface area contributed by atoms with Gasteiger partial charge in [0.15, 0.2) is 0 Å². The van der Waals surface area contributed by atoms with Crippen molar-refractivity contribution in [3.05, 3.63) is 100 Å². The Morgan fingerprint density at radius 1 is 0.977 bits per heavy atom. The van der Waals surface area contributed by atoms with Gasteiger partial charge in [-0.25, -0.2) is 14.4 Å². The molecule has 3 aromatic rings. The molecule has 3 N–H and O–H groups in total. The van der Waals surface area contributed by atoms with Crippen molar-refractivity contribution in [2.24, 2.45) is 0 Å². The van der Waals surface area contributed by atoms with E-state index < -0.39 is 35.7 Å². The first-order chi connectivity index (χ1) is 20.9. The Hall–Kier alpha value is -4.64. The summed E-state index contributed by atoms with van der Waals surface area (Å²) >= 11 is 6.05. The molecule has 0 fully saturated rings. The fraction of sp³-hybridized carbons (Fsp3) is 0.344. The van der Waals surface area contributed by atoms with Gasteiger partial charge in [0.1, 0.15) is 18.2 Å². The van der Waals surface area contributed by atoms with Crippen LogP contribution in [0, 0.1) is 0 Å². The number of ether oxygens (including phenoxy) is 2. The van der Waals surface area contributed by atoms with E-state index in [0.717, 1.165) is 5.56 Å². The highest BCUT2D eigenvalue weighted by Crippen LogP contribution is 2.17. The highest BCUT2D eigenvalue weighted by atomic mass is 35.5. The standard InChI is InChI=1S/C32H37ClN4O7/c1-32(2,3)44-31(42)37(20-25-10-6-7-17-34-25)19-22-13-15-23(16-14-22)28(38)36-27(29(39)40)12-8-18-35-30(41)43-21-24-9-4-5-11-26(24)33/h4-7,9-11,13-17,27H,8,12,18-21H2,1-3H3,(H,35,41)(H,36,38)(H,39,40)/t27-/m0/s1. The number of carbonyl (C=O) groups is 4. The molecular weight excluding hydrogens is 588 g/mol. The lowest BCUT2D eigenvalue weighted by Gasteiger charge is -2.27. The predicted octanol–water partition coefficient (Wildman–Crippen LogP) is 5.56. The third-order valence-electron chi connectivity index (χ3n) is 6.18. The summed E-state index contributed by atoms with van der Waals surface area (Å²) in [6.07, 6.45) is 0.856. The molecule has 3 rings (SSSR count). The van der Waals surface area contributed by atoms with E-state index in [1.807, 2.05) is 12.1 Å². The van der Waals surface area contributed by atoms with Gasteiger partial charge in [0, 0.05) is 35.4 Å². The summed E-state index contributed by atoms with van der Waals surface area (Å²) in [6, 6.07) is 17.8. The third-order valence-corrected chi connectivity index (χ3v) is 6.55. The largest absolute Gasteiger partial charge is 0.480 e. The number of halogens is 1. The second kappa shape index (κ2) is 16.3. The topological polar surface area (TPSA) is 147 Å². The van der Waals surface area contributed by atoms with Crippen LogP contribution in [0.3, 0.4) is 0 Å². The maximum absolute atomic E-state index is 12.9. The number of aromatic nitrogens is 1. The number of rotatable bonds is 13. The number of nitrogens with zero attached hydrogens (tertiary/aromatic N) is 2. The van der Waals surface area contributed by atoms with E-state index in [1.54, 1.807) is 81.6 Å². The first kappa shape index (κ1) is 33.9. The van der Waals surface area contributed by atoms with E-state index in [1.165, 1.54) is 4.90 Å². The molecule has 0 aliphatic heterocycles. The quantitative estimate of drug-likeness (QED) is 0.209. The lowest BCUT2D eigenvalue weighted by molar-refractivity contribution is -0.139. The SMILES string of the molecule is CC(C)(C)OC(=O)N(Cc1ccc(C(=O)N[C@@H](CCCNC(=O)OCc2ccccc2Cl)C(=O)O)cc1)Cc1ccccn1. The Morgan fingerprint density at radius 3 is 2.32 bits per heavy atom. The zero-order chi connectivity index (χ0) is 32.1. The van der Waals surface area contributed by atoms with Crippen molar-refractivity contribution in [3.8, 4) is 0 Å². The average Bonchev–Trinajstić information content (AvgIpc) is 2.97. The van der Waals surface area contributed by atoms with Crippen molar-refractivity contribution < 1.29 is 33.8 Å². The molecule has 1 aromatic heterocycles. The molecular formula is C32H37ClN4O7. The van der Waals surface area contributed by atoms with Crippen LogP contribution in [0.25, 0.3) is 0 Å². The number of pyridine rings is 1. The van der Waals surface area contributed by atoms with Gasteiger partial charge in [-0.2, -0.15) is 0 Å². The fourth-order valence-corrected chi connectivity index (χ4v) is 4.18. The molecule has 0 bridgehead atoms. The molecule has 234 valence electrons. The summed E-state index contributed by atoms with van der Waals surface area (Å²) in [6.45, 7) is 5.96. The van der Waals surface area contributed by atoms with Crippen LogP contribution < -0.4 is 10.6 Å². The van der Waals surface area contributed by atoms with Crippen LogP contribution in [0.2, 0.25) is 5.02 Å². The molecule has 1 atom stereocenters. The van der Waals surface area contributed by atoms with Crippen molar-refractivity contribution in [2.45, 2.75) is 65.0 Å². The maximum Gasteiger partial charge on any atom is 0.410 e. The van der Waals surface area contributed by atoms with Crippen LogP contribution >= 0.6 is 11.6 Å². The van der Waals surface area contributed by atoms with Crippen molar-refractivity contribution in [1.29, 1.82) is 0 Å². The minimum absolute atomic E-state index is 0.00136. The summed E-state index contributed by atoms with van der Waals surface area (Å²) in [5, 5.41) is 15.2. The Morgan fingerprint density at radius 2 is 1.68 bits per heavy atom. The molecule has 0 unspecified atom stereocenters. The number of hydrogen-bond acceptors (Lipinski definition) is 7. The van der Waals surface area contributed by atoms with Crippen molar-refractivity contribution in [3.63, 3.8) is 0 Å². The van der Waals surface area contributed by atoms with Gasteiger partial charge >= 0.3 is 18.2 Å². The second-order valence-electron chi connectivity index (χ2n) is 11.0. The number of carboxylic acids is 1. The molecule has 44 heavy (non-hydrogen) atoms. The minimum Gasteiger partial charge on any atom is -0.480 e. The minimum atomic E-state index is -1.20. The number of amides is 3. The fourth-order valence-electron chi connectivity index (χ4n) is 3.99. The molecule has 0 radical (unpaired) electrons. The molecule has 0 saturated carbocycles. The van der Waals surface area contributed by atoms with Gasteiger partial charge in [-0.3, -0.25) is 14.7 Å². The Labute approximate surface area is 261 Å². The van der Waals surface area contributed by atoms with Crippen LogP contribution in [0.15, 0.2) is 72.9 Å². The number of benzene rings is 2. The maximum atomic E-state index is 12.9. The number of alkyl carbamates (subject to hydrolysis) is 1. The Kier molecular flexibility index (Phi) is 12.5. The van der Waals surface area contributed by atoms with E-state index in [9.17, 15) is 24.3 Å². The molecule has 0 saturated heterocycles. The van der Waals surface area contributed by atoms with Gasteiger partial charge in [-0.1, -0.05) is 48.0 Å². The summed E-state index contributed by atoms with van der Waals surface area (Å²) < 4.78 is 10.7.